The molecule has 0 N–H and O–H groups in total. The molecule has 3 rings (SSSR count). The maximum atomic E-state index is 6.23. The number of hydrogen-bond acceptors (Lipinski definition) is 4. The highest BCUT2D eigenvalue weighted by Crippen LogP contribution is 2.28. The van der Waals surface area contributed by atoms with Gasteiger partial charge in [-0.25, -0.2) is 9.97 Å². The van der Waals surface area contributed by atoms with Crippen LogP contribution in [-0.2, 0) is 0 Å². The smallest absolute Gasteiger partial charge is 0.151 e. The molecule has 2 aliphatic heterocycles. The summed E-state index contributed by atoms with van der Waals surface area (Å²) in [4.78, 5) is 13.6. The van der Waals surface area contributed by atoms with Crippen molar-refractivity contribution in [1.82, 2.24) is 14.9 Å². The Balaban J connectivity index is 1.56. The van der Waals surface area contributed by atoms with Crippen LogP contribution < -0.4 is 4.90 Å². The van der Waals surface area contributed by atoms with Crippen molar-refractivity contribution in [3.63, 3.8) is 0 Å². The molecule has 2 saturated heterocycles. The Kier molecular flexibility index (Phi) is 4.41. The Bertz CT molecular complexity index is 451. The highest BCUT2D eigenvalue weighted by atomic mass is 35.5. The Hall–Kier alpha value is -0.870. The van der Waals surface area contributed by atoms with Gasteiger partial charge in [-0.05, 0) is 51.6 Å². The van der Waals surface area contributed by atoms with E-state index in [1.165, 1.54) is 45.3 Å². The van der Waals surface area contributed by atoms with Crippen LogP contribution in [0.15, 0.2) is 6.20 Å². The van der Waals surface area contributed by atoms with Crippen molar-refractivity contribution >= 4 is 17.4 Å². The number of halogens is 1. The molecule has 2 aliphatic rings. The molecule has 1 aromatic heterocycles. The molecular weight excluding hydrogens is 272 g/mol. The largest absolute Gasteiger partial charge is 0.355 e. The molecule has 0 amide bonds. The van der Waals surface area contributed by atoms with Crippen molar-refractivity contribution < 1.29 is 0 Å². The van der Waals surface area contributed by atoms with Crippen LogP contribution >= 0.6 is 11.6 Å². The first-order valence-corrected chi connectivity index (χ1v) is 8.06. The zero-order valence-electron chi connectivity index (χ0n) is 12.2. The lowest BCUT2D eigenvalue weighted by atomic mass is 9.96. The fourth-order valence-electron chi connectivity index (χ4n) is 3.32. The van der Waals surface area contributed by atoms with Crippen LogP contribution in [0.2, 0.25) is 5.02 Å². The molecule has 110 valence electrons. The summed E-state index contributed by atoms with van der Waals surface area (Å²) in [6, 6.07) is 0. The number of aryl methyl sites for hydroxylation is 1. The zero-order chi connectivity index (χ0) is 13.9. The third kappa shape index (κ3) is 3.23. The van der Waals surface area contributed by atoms with Gasteiger partial charge in [-0.2, -0.15) is 0 Å². The second kappa shape index (κ2) is 6.27. The first-order chi connectivity index (χ1) is 9.72. The van der Waals surface area contributed by atoms with Crippen LogP contribution in [0.1, 0.15) is 31.5 Å². The monoisotopic (exact) mass is 294 g/mol. The Morgan fingerprint density at radius 1 is 1.20 bits per heavy atom. The van der Waals surface area contributed by atoms with Crippen molar-refractivity contribution in [3.8, 4) is 0 Å². The molecule has 0 aromatic carbocycles. The predicted octanol–water partition coefficient (Wildman–Crippen LogP) is 2.75. The summed E-state index contributed by atoms with van der Waals surface area (Å²) >= 11 is 6.23. The lowest BCUT2D eigenvalue weighted by Crippen LogP contribution is -2.38. The standard InChI is InChI=1S/C15H23ClN4/c1-12-17-10-14(16)15(18-12)20-8-4-13(5-9-20)11-19-6-2-3-7-19/h10,13H,2-9,11H2,1H3. The van der Waals surface area contributed by atoms with Crippen molar-refractivity contribution in [2.24, 2.45) is 5.92 Å². The van der Waals surface area contributed by atoms with Crippen LogP contribution in [0.5, 0.6) is 0 Å². The predicted molar refractivity (Wildman–Crippen MR) is 82.4 cm³/mol. The van der Waals surface area contributed by atoms with E-state index in [1.54, 1.807) is 6.20 Å². The van der Waals surface area contributed by atoms with Crippen molar-refractivity contribution in [3.05, 3.63) is 17.0 Å². The number of rotatable bonds is 3. The van der Waals surface area contributed by atoms with Crippen LogP contribution in [0, 0.1) is 12.8 Å². The number of nitrogens with zero attached hydrogens (tertiary/aromatic N) is 4. The zero-order valence-corrected chi connectivity index (χ0v) is 12.9. The van der Waals surface area contributed by atoms with E-state index in [4.69, 9.17) is 11.6 Å². The van der Waals surface area contributed by atoms with Gasteiger partial charge in [0.05, 0.1) is 6.20 Å². The third-order valence-electron chi connectivity index (χ3n) is 4.48. The molecule has 0 aliphatic carbocycles. The topological polar surface area (TPSA) is 32.3 Å². The first kappa shape index (κ1) is 14.1. The molecule has 4 nitrogen and oxygen atoms in total. The van der Waals surface area contributed by atoms with Crippen molar-refractivity contribution in [2.75, 3.05) is 37.6 Å². The fourth-order valence-corrected chi connectivity index (χ4v) is 3.53. The van der Waals surface area contributed by atoms with Gasteiger partial charge in [-0.1, -0.05) is 11.6 Å². The summed E-state index contributed by atoms with van der Waals surface area (Å²) in [5.74, 6) is 2.55. The molecule has 20 heavy (non-hydrogen) atoms. The van der Waals surface area contributed by atoms with E-state index in [1.807, 2.05) is 6.92 Å². The Labute approximate surface area is 126 Å². The fraction of sp³-hybridized carbons (Fsp3) is 0.733. The van der Waals surface area contributed by atoms with Crippen LogP contribution in [0.4, 0.5) is 5.82 Å². The minimum Gasteiger partial charge on any atom is -0.355 e. The van der Waals surface area contributed by atoms with Gasteiger partial charge < -0.3 is 9.80 Å². The van der Waals surface area contributed by atoms with Gasteiger partial charge in [0.25, 0.3) is 0 Å². The highest BCUT2D eigenvalue weighted by Gasteiger charge is 2.24. The Morgan fingerprint density at radius 2 is 1.90 bits per heavy atom. The van der Waals surface area contributed by atoms with Crippen molar-refractivity contribution in [1.29, 1.82) is 0 Å². The van der Waals surface area contributed by atoms with E-state index in [0.29, 0.717) is 5.02 Å². The van der Waals surface area contributed by atoms with Gasteiger partial charge in [0, 0.05) is 19.6 Å². The summed E-state index contributed by atoms with van der Waals surface area (Å²) < 4.78 is 0. The van der Waals surface area contributed by atoms with E-state index >= 15 is 0 Å². The number of hydrogen-bond donors (Lipinski definition) is 0. The van der Waals surface area contributed by atoms with Gasteiger partial charge >= 0.3 is 0 Å². The van der Waals surface area contributed by atoms with E-state index < -0.39 is 0 Å². The lowest BCUT2D eigenvalue weighted by molar-refractivity contribution is 0.249. The number of anilines is 1. The highest BCUT2D eigenvalue weighted by molar-refractivity contribution is 6.32. The number of aromatic nitrogens is 2. The maximum absolute atomic E-state index is 6.23. The number of likely N-dealkylation sites (tertiary alicyclic amines) is 1. The summed E-state index contributed by atoms with van der Waals surface area (Å²) in [5, 5.41) is 0.675. The quantitative estimate of drug-likeness (QED) is 0.858. The molecule has 3 heterocycles. The van der Waals surface area contributed by atoms with E-state index in [-0.39, 0.29) is 0 Å². The maximum Gasteiger partial charge on any atom is 0.151 e. The lowest BCUT2D eigenvalue weighted by Gasteiger charge is -2.34. The summed E-state index contributed by atoms with van der Waals surface area (Å²) in [7, 11) is 0. The molecule has 0 spiro atoms. The molecule has 0 atom stereocenters. The van der Waals surface area contributed by atoms with Gasteiger partial charge in [-0.3, -0.25) is 0 Å². The summed E-state index contributed by atoms with van der Waals surface area (Å²) in [6.07, 6.45) is 6.98. The summed E-state index contributed by atoms with van der Waals surface area (Å²) in [5.41, 5.74) is 0. The minimum atomic E-state index is 0.675. The van der Waals surface area contributed by atoms with E-state index in [2.05, 4.69) is 19.8 Å². The molecular formula is C15H23ClN4. The summed E-state index contributed by atoms with van der Waals surface area (Å²) in [6.45, 7) is 7.93. The SMILES string of the molecule is Cc1ncc(Cl)c(N2CCC(CN3CCCC3)CC2)n1. The minimum absolute atomic E-state index is 0.675. The second-order valence-electron chi connectivity index (χ2n) is 6.03. The molecule has 1 aromatic rings. The van der Waals surface area contributed by atoms with Gasteiger partial charge in [0.15, 0.2) is 5.82 Å². The van der Waals surface area contributed by atoms with E-state index in [9.17, 15) is 0 Å². The molecule has 0 bridgehead atoms. The molecule has 0 radical (unpaired) electrons. The van der Waals surface area contributed by atoms with Crippen LogP contribution in [0.25, 0.3) is 0 Å². The molecule has 2 fully saturated rings. The molecule has 0 saturated carbocycles. The molecule has 0 unspecified atom stereocenters. The first-order valence-electron chi connectivity index (χ1n) is 7.69. The molecule has 5 heteroatoms. The Morgan fingerprint density at radius 3 is 2.60 bits per heavy atom. The van der Waals surface area contributed by atoms with E-state index in [0.717, 1.165) is 30.6 Å². The average molecular weight is 295 g/mol. The average Bonchev–Trinajstić information content (AvgIpc) is 2.95. The number of piperidine rings is 1. The van der Waals surface area contributed by atoms with Gasteiger partial charge in [-0.15, -0.1) is 0 Å². The van der Waals surface area contributed by atoms with Crippen molar-refractivity contribution in [2.45, 2.75) is 32.6 Å². The van der Waals surface area contributed by atoms with Gasteiger partial charge in [0.1, 0.15) is 10.8 Å². The third-order valence-corrected chi connectivity index (χ3v) is 4.74. The van der Waals surface area contributed by atoms with Gasteiger partial charge in [0.2, 0.25) is 0 Å². The normalized spacial score (nSPS) is 21.6. The van der Waals surface area contributed by atoms with Crippen LogP contribution in [0.3, 0.4) is 0 Å². The second-order valence-corrected chi connectivity index (χ2v) is 6.43. The van der Waals surface area contributed by atoms with Crippen LogP contribution in [-0.4, -0.2) is 47.6 Å².